The molecule has 0 radical (unpaired) electrons. The van der Waals surface area contributed by atoms with E-state index in [0.29, 0.717) is 11.3 Å². The Bertz CT molecular complexity index is 839. The third-order valence-electron chi connectivity index (χ3n) is 6.99. The molecule has 0 heterocycles. The Labute approximate surface area is 201 Å². The van der Waals surface area contributed by atoms with E-state index < -0.39 is 0 Å². The number of benzene rings is 2. The Kier molecular flexibility index (Phi) is 10.7. The molecule has 0 bridgehead atoms. The maximum Gasteiger partial charge on any atom is 0.343 e. The van der Waals surface area contributed by atoms with E-state index in [2.05, 4.69) is 50.3 Å². The first-order valence-electron chi connectivity index (χ1n) is 13.2. The monoisotopic (exact) mass is 446 g/mol. The minimum atomic E-state index is -0.293. The molecule has 0 atom stereocenters. The smallest absolute Gasteiger partial charge is 0.343 e. The number of aryl methyl sites for hydroxylation is 2. The molecule has 0 aliphatic heterocycles. The molecule has 2 heteroatoms. The molecule has 0 aromatic heterocycles. The van der Waals surface area contributed by atoms with Gasteiger partial charge in [-0.1, -0.05) is 75.9 Å². The Morgan fingerprint density at radius 2 is 1.52 bits per heavy atom. The highest BCUT2D eigenvalue weighted by molar-refractivity contribution is 5.91. The van der Waals surface area contributed by atoms with Crippen molar-refractivity contribution in [3.63, 3.8) is 0 Å². The molecule has 1 fully saturated rings. The van der Waals surface area contributed by atoms with E-state index in [1.54, 1.807) is 0 Å². The summed E-state index contributed by atoms with van der Waals surface area (Å²) < 4.78 is 5.56. The normalized spacial score (nSPS) is 18.5. The molecule has 33 heavy (non-hydrogen) atoms. The molecule has 0 saturated heterocycles. The first-order chi connectivity index (χ1) is 16.2. The highest BCUT2D eigenvalue weighted by atomic mass is 16.5. The van der Waals surface area contributed by atoms with Gasteiger partial charge < -0.3 is 4.74 Å². The van der Waals surface area contributed by atoms with Gasteiger partial charge in [0, 0.05) is 0 Å². The fourth-order valence-corrected chi connectivity index (χ4v) is 4.89. The van der Waals surface area contributed by atoms with Crippen molar-refractivity contribution < 1.29 is 9.53 Å². The van der Waals surface area contributed by atoms with Crippen molar-refractivity contribution in [3.8, 4) is 5.75 Å². The number of unbranched alkanes of at least 4 members (excludes halogenated alkanes) is 2. The highest BCUT2D eigenvalue weighted by Crippen LogP contribution is 2.32. The van der Waals surface area contributed by atoms with Crippen molar-refractivity contribution in [1.82, 2.24) is 0 Å². The van der Waals surface area contributed by atoms with Gasteiger partial charge in [-0.25, -0.2) is 4.79 Å². The van der Waals surface area contributed by atoms with Crippen LogP contribution in [0.25, 0.3) is 0 Å². The zero-order valence-electron chi connectivity index (χ0n) is 20.7. The van der Waals surface area contributed by atoms with Crippen LogP contribution in [0.4, 0.5) is 0 Å². The summed E-state index contributed by atoms with van der Waals surface area (Å²) in [6.45, 7) is 4.52. The van der Waals surface area contributed by atoms with Crippen LogP contribution in [0, 0.1) is 11.8 Å². The summed E-state index contributed by atoms with van der Waals surface area (Å²) >= 11 is 0. The standard InChI is InChI=1S/C31H42O2/c1-3-5-6-10-28-19-23-30(24-20-28)33-31(32)29-21-17-27(18-22-29)12-8-7-11-26-15-13-25(9-4-2)14-16-26/h7,11,17-26H,3-6,8-10,12-16H2,1-2H3/b11-7+. The zero-order chi connectivity index (χ0) is 23.3. The predicted molar refractivity (Wildman–Crippen MR) is 139 cm³/mol. The summed E-state index contributed by atoms with van der Waals surface area (Å²) in [5, 5.41) is 0. The number of carbonyl (C=O) groups excluding carboxylic acids is 1. The van der Waals surface area contributed by atoms with Crippen LogP contribution in [-0.2, 0) is 12.8 Å². The number of allylic oxidation sites excluding steroid dienone is 2. The number of hydrogen-bond acceptors (Lipinski definition) is 2. The van der Waals surface area contributed by atoms with E-state index in [0.717, 1.165) is 31.1 Å². The van der Waals surface area contributed by atoms with Crippen LogP contribution in [0.1, 0.15) is 99.5 Å². The molecule has 2 aromatic carbocycles. The molecule has 0 spiro atoms. The minimum Gasteiger partial charge on any atom is -0.423 e. The Morgan fingerprint density at radius 3 is 2.18 bits per heavy atom. The van der Waals surface area contributed by atoms with Crippen LogP contribution in [0.15, 0.2) is 60.7 Å². The lowest BCUT2D eigenvalue weighted by molar-refractivity contribution is 0.0734. The molecule has 0 N–H and O–H groups in total. The predicted octanol–water partition coefficient (Wildman–Crippen LogP) is 8.73. The molecule has 178 valence electrons. The van der Waals surface area contributed by atoms with Gasteiger partial charge in [0.05, 0.1) is 5.56 Å². The van der Waals surface area contributed by atoms with Crippen molar-refractivity contribution in [2.75, 3.05) is 0 Å². The van der Waals surface area contributed by atoms with Gasteiger partial charge >= 0.3 is 5.97 Å². The lowest BCUT2D eigenvalue weighted by Crippen LogP contribution is -2.12. The first-order valence-corrected chi connectivity index (χ1v) is 13.2. The summed E-state index contributed by atoms with van der Waals surface area (Å²) in [5.41, 5.74) is 3.16. The minimum absolute atomic E-state index is 0.293. The maximum absolute atomic E-state index is 12.5. The Balaban J connectivity index is 1.39. The van der Waals surface area contributed by atoms with Crippen LogP contribution in [0.5, 0.6) is 5.75 Å². The second-order valence-corrected chi connectivity index (χ2v) is 9.72. The second kappa shape index (κ2) is 14.0. The molecule has 1 aliphatic carbocycles. The molecule has 0 amide bonds. The number of esters is 1. The van der Waals surface area contributed by atoms with Gasteiger partial charge in [0.2, 0.25) is 0 Å². The second-order valence-electron chi connectivity index (χ2n) is 9.72. The number of rotatable bonds is 12. The lowest BCUT2D eigenvalue weighted by atomic mass is 9.80. The SMILES string of the molecule is CCCCCc1ccc(OC(=O)c2ccc(CC/C=C/C3CCC(CCC)CC3)cc2)cc1. The van der Waals surface area contributed by atoms with Gasteiger partial charge in [0.15, 0.2) is 0 Å². The number of ether oxygens (including phenoxy) is 1. The fraction of sp³-hybridized carbons (Fsp3) is 0.516. The summed E-state index contributed by atoms with van der Waals surface area (Å²) in [5.74, 6) is 2.07. The van der Waals surface area contributed by atoms with Crippen LogP contribution >= 0.6 is 0 Å². The molecular formula is C31H42O2. The Morgan fingerprint density at radius 1 is 0.848 bits per heavy atom. The maximum atomic E-state index is 12.5. The van der Waals surface area contributed by atoms with Crippen LogP contribution in [0.2, 0.25) is 0 Å². The molecule has 1 aliphatic rings. The van der Waals surface area contributed by atoms with E-state index in [9.17, 15) is 4.79 Å². The van der Waals surface area contributed by atoms with E-state index >= 15 is 0 Å². The van der Waals surface area contributed by atoms with E-state index in [1.807, 2.05) is 24.3 Å². The number of hydrogen-bond donors (Lipinski definition) is 0. The summed E-state index contributed by atoms with van der Waals surface area (Å²) in [6, 6.07) is 15.8. The largest absolute Gasteiger partial charge is 0.423 e. The molecule has 0 unspecified atom stereocenters. The van der Waals surface area contributed by atoms with Gasteiger partial charge in [-0.15, -0.1) is 0 Å². The van der Waals surface area contributed by atoms with E-state index in [-0.39, 0.29) is 5.97 Å². The van der Waals surface area contributed by atoms with Gasteiger partial charge in [0.1, 0.15) is 5.75 Å². The molecule has 2 aromatic rings. The molecule has 1 saturated carbocycles. The van der Waals surface area contributed by atoms with Gasteiger partial charge in [-0.2, -0.15) is 0 Å². The quantitative estimate of drug-likeness (QED) is 0.141. The summed E-state index contributed by atoms with van der Waals surface area (Å²) in [7, 11) is 0. The van der Waals surface area contributed by atoms with Crippen molar-refractivity contribution in [3.05, 3.63) is 77.4 Å². The fourth-order valence-electron chi connectivity index (χ4n) is 4.89. The molecular weight excluding hydrogens is 404 g/mol. The average Bonchev–Trinajstić information content (AvgIpc) is 2.84. The zero-order valence-corrected chi connectivity index (χ0v) is 20.7. The molecule has 3 rings (SSSR count). The topological polar surface area (TPSA) is 26.3 Å². The molecule has 2 nitrogen and oxygen atoms in total. The van der Waals surface area contributed by atoms with E-state index in [1.165, 1.54) is 68.9 Å². The van der Waals surface area contributed by atoms with Crippen LogP contribution < -0.4 is 4.74 Å². The summed E-state index contributed by atoms with van der Waals surface area (Å²) in [6.07, 6.45) is 19.9. The van der Waals surface area contributed by atoms with Gasteiger partial charge in [0.25, 0.3) is 0 Å². The van der Waals surface area contributed by atoms with Crippen molar-refractivity contribution in [2.24, 2.45) is 11.8 Å². The number of carbonyl (C=O) groups is 1. The van der Waals surface area contributed by atoms with Gasteiger partial charge in [-0.05, 0) is 98.6 Å². The third kappa shape index (κ3) is 8.84. The van der Waals surface area contributed by atoms with Crippen LogP contribution in [-0.4, -0.2) is 5.97 Å². The Hall–Kier alpha value is -2.35. The third-order valence-corrected chi connectivity index (χ3v) is 6.99. The van der Waals surface area contributed by atoms with Crippen LogP contribution in [0.3, 0.4) is 0 Å². The van der Waals surface area contributed by atoms with E-state index in [4.69, 9.17) is 4.74 Å². The summed E-state index contributed by atoms with van der Waals surface area (Å²) in [4.78, 5) is 12.5. The van der Waals surface area contributed by atoms with Crippen molar-refractivity contribution in [2.45, 2.75) is 90.9 Å². The van der Waals surface area contributed by atoms with Crippen molar-refractivity contribution >= 4 is 5.97 Å². The lowest BCUT2D eigenvalue weighted by Gasteiger charge is -2.26. The van der Waals surface area contributed by atoms with Gasteiger partial charge in [-0.3, -0.25) is 0 Å². The van der Waals surface area contributed by atoms with Crippen molar-refractivity contribution in [1.29, 1.82) is 0 Å². The first kappa shape index (κ1) is 25.3. The average molecular weight is 447 g/mol. The highest BCUT2D eigenvalue weighted by Gasteiger charge is 2.18.